The molecule has 0 saturated carbocycles. The van der Waals surface area contributed by atoms with Crippen molar-refractivity contribution in [3.8, 4) is 0 Å². The topological polar surface area (TPSA) is 0 Å². The molecule has 0 aliphatic heterocycles. The second kappa shape index (κ2) is 10.1. The van der Waals surface area contributed by atoms with Crippen molar-refractivity contribution in [1.82, 2.24) is 0 Å². The van der Waals surface area contributed by atoms with E-state index in [9.17, 15) is 0 Å². The lowest BCUT2D eigenvalue weighted by Gasteiger charge is -2.31. The molecule has 0 aromatic rings. The van der Waals surface area contributed by atoms with Crippen molar-refractivity contribution in [2.75, 3.05) is 0 Å². The maximum Gasteiger partial charge on any atom is -0.0303 e. The lowest BCUT2D eigenvalue weighted by molar-refractivity contribution is 0.214. The quantitative estimate of drug-likeness (QED) is 0.519. The summed E-state index contributed by atoms with van der Waals surface area (Å²) in [6.45, 7) is 13.3. The molecule has 0 aromatic carbocycles. The van der Waals surface area contributed by atoms with Crippen molar-refractivity contribution in [2.24, 2.45) is 5.41 Å². The summed E-state index contributed by atoms with van der Waals surface area (Å²) in [5, 5.41) is 0. The lowest BCUT2D eigenvalue weighted by Crippen LogP contribution is -2.17. The van der Waals surface area contributed by atoms with Crippen LogP contribution in [0.25, 0.3) is 0 Å². The summed E-state index contributed by atoms with van der Waals surface area (Å²) in [5.74, 6) is 0. The van der Waals surface area contributed by atoms with Gasteiger partial charge in [-0.25, -0.2) is 0 Å². The van der Waals surface area contributed by atoms with Gasteiger partial charge in [0.05, 0.1) is 0 Å². The summed E-state index contributed by atoms with van der Waals surface area (Å²) in [6, 6.07) is 0. The Morgan fingerprint density at radius 1 is 0.692 bits per heavy atom. The highest BCUT2D eigenvalue weighted by molar-refractivity contribution is 4.75. The van der Waals surface area contributed by atoms with Gasteiger partial charge in [0, 0.05) is 0 Å². The van der Waals surface area contributed by atoms with Gasteiger partial charge in [0.15, 0.2) is 0 Å². The fourth-order valence-corrected chi connectivity index (χ4v) is 2.14. The molecular weight excluding hydrogens is 156 g/mol. The maximum absolute atomic E-state index is 2.34. The third-order valence-electron chi connectivity index (χ3n) is 3.06. The molecule has 0 rings (SSSR count). The van der Waals surface area contributed by atoms with Gasteiger partial charge in [0.25, 0.3) is 0 Å². The molecule has 0 aliphatic carbocycles. The summed E-state index contributed by atoms with van der Waals surface area (Å²) < 4.78 is 0. The molecule has 0 atom stereocenters. The molecule has 0 heteroatoms. The van der Waals surface area contributed by atoms with Crippen molar-refractivity contribution < 1.29 is 0 Å². The zero-order chi connectivity index (χ0) is 10.7. The Labute approximate surface area is 86.1 Å². The van der Waals surface area contributed by atoms with E-state index in [0.29, 0.717) is 5.41 Å². The molecule has 13 heavy (non-hydrogen) atoms. The van der Waals surface area contributed by atoms with Gasteiger partial charge in [-0.05, 0) is 18.3 Å². The van der Waals surface area contributed by atoms with Crippen LogP contribution in [0.5, 0.6) is 0 Å². The van der Waals surface area contributed by atoms with E-state index in [1.807, 2.05) is 13.8 Å². The largest absolute Gasteiger partial charge is 0.0683 e. The minimum atomic E-state index is 0.684. The Hall–Kier alpha value is 0. The van der Waals surface area contributed by atoms with E-state index in [1.54, 1.807) is 0 Å². The molecule has 0 heterocycles. The minimum Gasteiger partial charge on any atom is -0.0683 e. The highest BCUT2D eigenvalue weighted by Crippen LogP contribution is 2.36. The molecule has 0 N–H and O–H groups in total. The molecule has 82 valence electrons. The van der Waals surface area contributed by atoms with Crippen LogP contribution in [0.1, 0.15) is 80.1 Å². The van der Waals surface area contributed by atoms with Crippen LogP contribution in [-0.2, 0) is 0 Å². The molecule has 0 unspecified atom stereocenters. The van der Waals surface area contributed by atoms with Crippen molar-refractivity contribution in [3.63, 3.8) is 0 Å². The van der Waals surface area contributed by atoms with E-state index >= 15 is 0 Å². The lowest BCUT2D eigenvalue weighted by atomic mass is 9.75. The molecule has 0 aliphatic rings. The standard InChI is InChI=1S/C11H24.C2H6/c1-5-9-11(7-3,8-4)10-6-2;1-2/h5-10H2,1-4H3;1-2H3. The van der Waals surface area contributed by atoms with E-state index in [4.69, 9.17) is 0 Å². The summed E-state index contributed by atoms with van der Waals surface area (Å²) >= 11 is 0. The average molecular weight is 186 g/mol. The average Bonchev–Trinajstić information content (AvgIpc) is 2.20. The highest BCUT2D eigenvalue weighted by atomic mass is 14.3. The summed E-state index contributed by atoms with van der Waals surface area (Å²) in [5.41, 5.74) is 0.684. The molecular formula is C13H30. The Balaban J connectivity index is 0. The molecule has 0 saturated heterocycles. The van der Waals surface area contributed by atoms with Crippen LogP contribution in [0.15, 0.2) is 0 Å². The minimum absolute atomic E-state index is 0.684. The maximum atomic E-state index is 2.34. The molecule has 0 spiro atoms. The van der Waals surface area contributed by atoms with Crippen LogP contribution in [0, 0.1) is 5.41 Å². The van der Waals surface area contributed by atoms with Gasteiger partial charge in [-0.15, -0.1) is 0 Å². The van der Waals surface area contributed by atoms with Crippen LogP contribution in [-0.4, -0.2) is 0 Å². The molecule has 0 radical (unpaired) electrons. The summed E-state index contributed by atoms with van der Waals surface area (Å²) in [7, 11) is 0. The van der Waals surface area contributed by atoms with Crippen LogP contribution >= 0.6 is 0 Å². The van der Waals surface area contributed by atoms with Crippen molar-refractivity contribution in [2.45, 2.75) is 80.1 Å². The first-order valence-corrected chi connectivity index (χ1v) is 6.24. The normalized spacial score (nSPS) is 10.6. The van der Waals surface area contributed by atoms with Gasteiger partial charge < -0.3 is 0 Å². The first kappa shape index (κ1) is 15.5. The first-order valence-electron chi connectivity index (χ1n) is 6.24. The summed E-state index contributed by atoms with van der Waals surface area (Å²) in [6.07, 6.45) is 8.28. The predicted octanol–water partition coefficient (Wildman–Crippen LogP) is 5.42. The predicted molar refractivity (Wildman–Crippen MR) is 64.2 cm³/mol. The Morgan fingerprint density at radius 2 is 1.00 bits per heavy atom. The Bertz CT molecular complexity index is 72.0. The second-order valence-electron chi connectivity index (χ2n) is 3.71. The van der Waals surface area contributed by atoms with Gasteiger partial charge >= 0.3 is 0 Å². The third kappa shape index (κ3) is 6.12. The van der Waals surface area contributed by atoms with Crippen LogP contribution in [0.2, 0.25) is 0 Å². The number of hydrogen-bond donors (Lipinski definition) is 0. The molecule has 0 amide bonds. The van der Waals surface area contributed by atoms with Crippen molar-refractivity contribution >= 4 is 0 Å². The van der Waals surface area contributed by atoms with Crippen LogP contribution in [0.4, 0.5) is 0 Å². The van der Waals surface area contributed by atoms with Gasteiger partial charge in [-0.3, -0.25) is 0 Å². The zero-order valence-electron chi connectivity index (χ0n) is 10.7. The number of rotatable bonds is 6. The molecule has 0 aromatic heterocycles. The van der Waals surface area contributed by atoms with Gasteiger partial charge in [-0.1, -0.05) is 67.2 Å². The summed E-state index contributed by atoms with van der Waals surface area (Å²) in [4.78, 5) is 0. The van der Waals surface area contributed by atoms with Crippen molar-refractivity contribution in [3.05, 3.63) is 0 Å². The fraction of sp³-hybridized carbons (Fsp3) is 1.00. The fourth-order valence-electron chi connectivity index (χ4n) is 2.14. The molecule has 0 fully saturated rings. The van der Waals surface area contributed by atoms with Crippen LogP contribution in [0.3, 0.4) is 0 Å². The smallest absolute Gasteiger partial charge is 0.0303 e. The van der Waals surface area contributed by atoms with E-state index in [0.717, 1.165) is 0 Å². The van der Waals surface area contributed by atoms with E-state index in [2.05, 4.69) is 27.7 Å². The van der Waals surface area contributed by atoms with Crippen molar-refractivity contribution in [1.29, 1.82) is 0 Å². The highest BCUT2D eigenvalue weighted by Gasteiger charge is 2.23. The van der Waals surface area contributed by atoms with Crippen LogP contribution < -0.4 is 0 Å². The number of hydrogen-bond acceptors (Lipinski definition) is 0. The first-order chi connectivity index (χ1) is 6.24. The monoisotopic (exact) mass is 186 g/mol. The second-order valence-corrected chi connectivity index (χ2v) is 3.71. The zero-order valence-corrected chi connectivity index (χ0v) is 10.7. The van der Waals surface area contributed by atoms with E-state index in [1.165, 1.54) is 38.5 Å². The molecule has 0 nitrogen and oxygen atoms in total. The third-order valence-corrected chi connectivity index (χ3v) is 3.06. The van der Waals surface area contributed by atoms with E-state index < -0.39 is 0 Å². The Morgan fingerprint density at radius 3 is 1.15 bits per heavy atom. The van der Waals surface area contributed by atoms with E-state index in [-0.39, 0.29) is 0 Å². The van der Waals surface area contributed by atoms with Gasteiger partial charge in [-0.2, -0.15) is 0 Å². The Kier molecular flexibility index (Phi) is 12.0. The SMILES string of the molecule is CC.CCCC(CC)(CC)CCC. The molecule has 0 bridgehead atoms. The van der Waals surface area contributed by atoms with Gasteiger partial charge in [0.2, 0.25) is 0 Å². The van der Waals surface area contributed by atoms with Gasteiger partial charge in [0.1, 0.15) is 0 Å².